The first-order valence-electron chi connectivity index (χ1n) is 9.43. The first kappa shape index (κ1) is 20.5. The summed E-state index contributed by atoms with van der Waals surface area (Å²) in [5, 5.41) is 8.11. The van der Waals surface area contributed by atoms with Crippen molar-refractivity contribution in [3.8, 4) is 0 Å². The Morgan fingerprint density at radius 2 is 1.61 bits per heavy atom. The molecule has 1 fully saturated rings. The topological polar surface area (TPSA) is 89.3 Å². The van der Waals surface area contributed by atoms with E-state index >= 15 is 0 Å². The summed E-state index contributed by atoms with van der Waals surface area (Å²) in [7, 11) is -3.74. The highest BCUT2D eigenvalue weighted by Gasteiger charge is 2.34. The monoisotopic (exact) mass is 404 g/mol. The summed E-state index contributed by atoms with van der Waals surface area (Å²) in [5.41, 5.74) is 1.61. The lowest BCUT2D eigenvalue weighted by Crippen LogP contribution is -2.42. The number of benzene rings is 2. The molecule has 0 bridgehead atoms. The molecule has 1 saturated carbocycles. The number of hydrogen-bond donors (Lipinski definition) is 2. The molecule has 0 spiro atoms. The zero-order valence-electron chi connectivity index (χ0n) is 15.7. The van der Waals surface area contributed by atoms with Crippen LogP contribution >= 0.6 is 0 Å². The van der Waals surface area contributed by atoms with Crippen molar-refractivity contribution in [2.75, 3.05) is 6.54 Å². The Labute approximate surface area is 165 Å². The zero-order valence-corrected chi connectivity index (χ0v) is 16.5. The van der Waals surface area contributed by atoms with E-state index in [9.17, 15) is 17.6 Å². The standard InChI is InChI=1S/C21H25FN2O3S/c22-18-8-6-17(7-9-18)21(12-2-1-3-13-21)15-24-20(25)14-16-4-10-19(11-5-16)28(23,26)27/h4-11H,1-3,12-15H2,(H,24,25)(H2,23,26,27). The molecule has 28 heavy (non-hydrogen) atoms. The van der Waals surface area contributed by atoms with Crippen LogP contribution in [0.25, 0.3) is 0 Å². The minimum Gasteiger partial charge on any atom is -0.355 e. The molecule has 2 aromatic rings. The third kappa shape index (κ3) is 4.97. The number of rotatable bonds is 6. The van der Waals surface area contributed by atoms with Gasteiger partial charge >= 0.3 is 0 Å². The average molecular weight is 405 g/mol. The molecular weight excluding hydrogens is 379 g/mol. The van der Waals surface area contributed by atoms with Gasteiger partial charge in [0.1, 0.15) is 5.82 Å². The van der Waals surface area contributed by atoms with Crippen LogP contribution in [0.15, 0.2) is 53.4 Å². The summed E-state index contributed by atoms with van der Waals surface area (Å²) in [6, 6.07) is 12.6. The van der Waals surface area contributed by atoms with Gasteiger partial charge in [-0.2, -0.15) is 0 Å². The van der Waals surface area contributed by atoms with E-state index in [1.807, 2.05) is 12.1 Å². The summed E-state index contributed by atoms with van der Waals surface area (Å²) in [6.45, 7) is 0.507. The largest absolute Gasteiger partial charge is 0.355 e. The molecule has 0 saturated heterocycles. The zero-order chi connectivity index (χ0) is 20.2. The molecule has 0 aliphatic heterocycles. The van der Waals surface area contributed by atoms with Gasteiger partial charge in [-0.15, -0.1) is 0 Å². The van der Waals surface area contributed by atoms with Gasteiger partial charge in [0.2, 0.25) is 15.9 Å². The van der Waals surface area contributed by atoms with Crippen molar-refractivity contribution < 1.29 is 17.6 Å². The van der Waals surface area contributed by atoms with Crippen LogP contribution in [0.5, 0.6) is 0 Å². The molecule has 3 rings (SSSR count). The third-order valence-electron chi connectivity index (χ3n) is 5.51. The number of halogens is 1. The van der Waals surface area contributed by atoms with E-state index in [0.717, 1.165) is 31.2 Å². The summed E-state index contributed by atoms with van der Waals surface area (Å²) >= 11 is 0. The number of hydrogen-bond acceptors (Lipinski definition) is 3. The van der Waals surface area contributed by atoms with Crippen LogP contribution in [0.2, 0.25) is 0 Å². The molecule has 5 nitrogen and oxygen atoms in total. The lowest BCUT2D eigenvalue weighted by molar-refractivity contribution is -0.120. The smallest absolute Gasteiger partial charge is 0.238 e. The van der Waals surface area contributed by atoms with E-state index in [2.05, 4.69) is 5.32 Å². The van der Waals surface area contributed by atoms with E-state index in [-0.39, 0.29) is 28.5 Å². The number of nitrogens with two attached hydrogens (primary N) is 1. The number of sulfonamides is 1. The van der Waals surface area contributed by atoms with Crippen LogP contribution in [0, 0.1) is 5.82 Å². The minimum absolute atomic E-state index is 0.0223. The molecule has 1 aliphatic rings. The van der Waals surface area contributed by atoms with Crippen molar-refractivity contribution >= 4 is 15.9 Å². The maximum absolute atomic E-state index is 13.3. The highest BCUT2D eigenvalue weighted by atomic mass is 32.2. The van der Waals surface area contributed by atoms with Crippen molar-refractivity contribution in [2.24, 2.45) is 5.14 Å². The summed E-state index contributed by atoms with van der Waals surface area (Å²) in [4.78, 5) is 12.5. The number of carbonyl (C=O) groups excluding carboxylic acids is 1. The molecule has 3 N–H and O–H groups in total. The van der Waals surface area contributed by atoms with E-state index < -0.39 is 10.0 Å². The van der Waals surface area contributed by atoms with Crippen molar-refractivity contribution in [3.63, 3.8) is 0 Å². The summed E-state index contributed by atoms with van der Waals surface area (Å²) in [5.74, 6) is -0.392. The highest BCUT2D eigenvalue weighted by Crippen LogP contribution is 2.39. The Morgan fingerprint density at radius 1 is 1.00 bits per heavy atom. The Morgan fingerprint density at radius 3 is 2.18 bits per heavy atom. The predicted molar refractivity (Wildman–Crippen MR) is 106 cm³/mol. The summed E-state index contributed by atoms with van der Waals surface area (Å²) in [6.07, 6.45) is 5.42. The first-order chi connectivity index (χ1) is 13.3. The molecule has 0 radical (unpaired) electrons. The molecule has 1 amide bonds. The molecule has 150 valence electrons. The Bertz CT molecular complexity index is 919. The van der Waals surface area contributed by atoms with E-state index in [1.54, 1.807) is 12.1 Å². The number of carbonyl (C=O) groups is 1. The van der Waals surface area contributed by atoms with Gasteiger partial charge in [-0.3, -0.25) is 4.79 Å². The van der Waals surface area contributed by atoms with Crippen LogP contribution < -0.4 is 10.5 Å². The lowest BCUT2D eigenvalue weighted by Gasteiger charge is -2.38. The SMILES string of the molecule is NS(=O)(=O)c1ccc(CC(=O)NCC2(c3ccc(F)cc3)CCCCC2)cc1. The molecular formula is C21H25FN2O3S. The van der Waals surface area contributed by atoms with E-state index in [4.69, 9.17) is 5.14 Å². The fourth-order valence-electron chi connectivity index (χ4n) is 3.91. The highest BCUT2D eigenvalue weighted by molar-refractivity contribution is 7.89. The molecule has 0 aromatic heterocycles. The van der Waals surface area contributed by atoms with Crippen molar-refractivity contribution in [1.82, 2.24) is 5.32 Å². The summed E-state index contributed by atoms with van der Waals surface area (Å²) < 4.78 is 35.9. The second kappa shape index (κ2) is 8.41. The Kier molecular flexibility index (Phi) is 6.15. The van der Waals surface area contributed by atoms with Crippen molar-refractivity contribution in [2.45, 2.75) is 48.8 Å². The molecule has 0 atom stereocenters. The Hall–Kier alpha value is -2.25. The predicted octanol–water partition coefficient (Wildman–Crippen LogP) is 3.03. The van der Waals surface area contributed by atoms with Gasteiger partial charge in [0.25, 0.3) is 0 Å². The maximum atomic E-state index is 13.3. The second-order valence-electron chi connectivity index (χ2n) is 7.49. The maximum Gasteiger partial charge on any atom is 0.238 e. The number of nitrogens with one attached hydrogen (secondary N) is 1. The van der Waals surface area contributed by atoms with Crippen molar-refractivity contribution in [3.05, 3.63) is 65.5 Å². The van der Waals surface area contributed by atoms with Crippen LogP contribution in [0.3, 0.4) is 0 Å². The average Bonchev–Trinajstić information content (AvgIpc) is 2.67. The van der Waals surface area contributed by atoms with Crippen molar-refractivity contribution in [1.29, 1.82) is 0 Å². The number of amides is 1. The van der Waals surface area contributed by atoms with Gasteiger partial charge in [-0.05, 0) is 48.2 Å². The first-order valence-corrected chi connectivity index (χ1v) is 11.0. The minimum atomic E-state index is -3.74. The fourth-order valence-corrected chi connectivity index (χ4v) is 4.43. The lowest BCUT2D eigenvalue weighted by atomic mass is 9.69. The normalized spacial score (nSPS) is 16.5. The molecule has 7 heteroatoms. The molecule has 0 unspecified atom stereocenters. The van der Waals surface area contributed by atoms with Gasteiger partial charge in [-0.1, -0.05) is 43.5 Å². The fraction of sp³-hybridized carbons (Fsp3) is 0.381. The van der Waals surface area contributed by atoms with Crippen LogP contribution in [0.4, 0.5) is 4.39 Å². The molecule has 0 heterocycles. The van der Waals surface area contributed by atoms with Gasteiger partial charge in [0.15, 0.2) is 0 Å². The number of primary sulfonamides is 1. The van der Waals surface area contributed by atoms with Gasteiger partial charge in [0, 0.05) is 12.0 Å². The van der Waals surface area contributed by atoms with Crippen LogP contribution in [-0.4, -0.2) is 20.9 Å². The molecule has 2 aromatic carbocycles. The van der Waals surface area contributed by atoms with E-state index in [1.165, 1.54) is 30.7 Å². The van der Waals surface area contributed by atoms with Gasteiger partial charge in [0.05, 0.1) is 11.3 Å². The second-order valence-corrected chi connectivity index (χ2v) is 9.05. The molecule has 1 aliphatic carbocycles. The third-order valence-corrected chi connectivity index (χ3v) is 6.44. The van der Waals surface area contributed by atoms with Gasteiger partial charge < -0.3 is 5.32 Å². The van der Waals surface area contributed by atoms with Crippen LogP contribution in [0.1, 0.15) is 43.2 Å². The Balaban J connectivity index is 1.66. The quantitative estimate of drug-likeness (QED) is 0.776. The van der Waals surface area contributed by atoms with Gasteiger partial charge in [-0.25, -0.2) is 17.9 Å². The van der Waals surface area contributed by atoms with Crippen LogP contribution in [-0.2, 0) is 26.7 Å². The van der Waals surface area contributed by atoms with E-state index in [0.29, 0.717) is 12.1 Å².